The van der Waals surface area contributed by atoms with E-state index in [0.717, 1.165) is 39.3 Å². The smallest absolute Gasteiger partial charge is 0.179 e. The van der Waals surface area contributed by atoms with E-state index in [1.165, 1.54) is 51.7 Å². The monoisotopic (exact) mass is 738 g/mol. The first-order valence-electron chi connectivity index (χ1n) is 18.6. The van der Waals surface area contributed by atoms with E-state index in [-0.39, 0.29) is 0 Å². The summed E-state index contributed by atoms with van der Waals surface area (Å²) in [5.74, 6) is 1.87. The molecule has 0 atom stereocenters. The van der Waals surface area contributed by atoms with E-state index in [9.17, 15) is 0 Å². The zero-order valence-corrected chi connectivity index (χ0v) is 31.9. The molecule has 0 aliphatic rings. The Kier molecular flexibility index (Phi) is 7.24. The minimum atomic E-state index is -2.96. The molecule has 6 heteroatoms. The molecule has 0 saturated carbocycles. The van der Waals surface area contributed by atoms with Crippen molar-refractivity contribution in [1.29, 1.82) is 0 Å². The van der Waals surface area contributed by atoms with Gasteiger partial charge in [-0.1, -0.05) is 133 Å². The molecule has 0 radical (unpaired) electrons. The molecule has 0 fully saturated rings. The normalized spacial score (nSPS) is 12.1. The Morgan fingerprint density at radius 2 is 1.20 bits per heavy atom. The number of pyridine rings is 1. The molecule has 55 heavy (non-hydrogen) atoms. The quantitative estimate of drug-likeness (QED) is 0.126. The summed E-state index contributed by atoms with van der Waals surface area (Å²) >= 11 is 1.87. The number of benzene rings is 7. The van der Waals surface area contributed by atoms with Crippen LogP contribution in [0.15, 0.2) is 188 Å². The average Bonchev–Trinajstić information content (AvgIpc) is 3.91. The minimum absolute atomic E-state index is 0.911. The lowest BCUT2D eigenvalue weighted by Gasteiger charge is -2.34. The zero-order chi connectivity index (χ0) is 36.5. The summed E-state index contributed by atoms with van der Waals surface area (Å²) in [4.78, 5) is 10.1. The van der Waals surface area contributed by atoms with Gasteiger partial charge >= 0.3 is 0 Å². The molecule has 0 aliphatic carbocycles. The van der Waals surface area contributed by atoms with Crippen molar-refractivity contribution in [3.05, 3.63) is 188 Å². The van der Waals surface area contributed by atoms with Gasteiger partial charge in [-0.25, -0.2) is 9.97 Å². The third-order valence-corrected chi connectivity index (χ3v) is 17.2. The molecular weight excluding hydrogens is 705 g/mol. The number of aryl methyl sites for hydroxylation is 1. The van der Waals surface area contributed by atoms with Crippen molar-refractivity contribution < 1.29 is 0 Å². The number of thiophene rings is 1. The van der Waals surface area contributed by atoms with E-state index in [0.29, 0.717) is 0 Å². The fourth-order valence-corrected chi connectivity index (χ4v) is 14.9. The van der Waals surface area contributed by atoms with E-state index in [4.69, 9.17) is 9.97 Å². The number of hydrogen-bond acceptors (Lipinski definition) is 3. The Hall–Kier alpha value is -6.60. The van der Waals surface area contributed by atoms with Gasteiger partial charge in [-0.15, -0.1) is 11.3 Å². The molecule has 4 aromatic heterocycles. The molecular formula is C49H34N4SSi. The lowest BCUT2D eigenvalue weighted by Crippen LogP contribution is -2.74. The summed E-state index contributed by atoms with van der Waals surface area (Å²) < 4.78 is 7.20. The van der Waals surface area contributed by atoms with Crippen molar-refractivity contribution >= 4 is 93.2 Å². The van der Waals surface area contributed by atoms with Crippen LogP contribution in [0.25, 0.3) is 70.2 Å². The van der Waals surface area contributed by atoms with Crippen molar-refractivity contribution in [1.82, 2.24) is 19.1 Å². The molecule has 0 spiro atoms. The Balaban J connectivity index is 1.26. The van der Waals surface area contributed by atoms with Crippen LogP contribution < -0.4 is 20.7 Å². The van der Waals surface area contributed by atoms with Gasteiger partial charge in [0.1, 0.15) is 11.6 Å². The molecule has 260 valence electrons. The number of hydrogen-bond donors (Lipinski definition) is 0. The number of fused-ring (bicyclic) bond motifs is 8. The molecule has 0 bridgehead atoms. The van der Waals surface area contributed by atoms with E-state index >= 15 is 0 Å². The number of nitrogens with zero attached hydrogens (tertiary/aromatic N) is 4. The molecule has 11 rings (SSSR count). The van der Waals surface area contributed by atoms with Crippen LogP contribution in [-0.4, -0.2) is 27.2 Å². The largest absolute Gasteiger partial charge is 0.327 e. The van der Waals surface area contributed by atoms with Crippen LogP contribution in [0.1, 0.15) is 0 Å². The second kappa shape index (κ2) is 12.5. The highest BCUT2D eigenvalue weighted by atomic mass is 32.1. The van der Waals surface area contributed by atoms with Crippen LogP contribution in [0, 0.1) is 0 Å². The highest BCUT2D eigenvalue weighted by Gasteiger charge is 2.42. The molecule has 4 nitrogen and oxygen atoms in total. The van der Waals surface area contributed by atoms with E-state index in [2.05, 4.69) is 192 Å². The van der Waals surface area contributed by atoms with Gasteiger partial charge in [0.15, 0.2) is 8.07 Å². The standard InChI is InChI=1S/C49H34N4SSi/c1-52-41-23-10-9-22-40(41)51-49(52)33-15-14-20-36(31-33)55(34-16-4-2-5-17-34,35-18-6-3-7-19-35)37-26-27-38-43(32-37)53(46-25-12-13-30-50-46)42-28-29-45-48(47(38)42)39-21-8-11-24-44(39)54-45/h2-32H,1H3. The predicted molar refractivity (Wildman–Crippen MR) is 235 cm³/mol. The third-order valence-electron chi connectivity index (χ3n) is 11.3. The fourth-order valence-electron chi connectivity index (χ4n) is 8.96. The molecule has 0 N–H and O–H groups in total. The van der Waals surface area contributed by atoms with Gasteiger partial charge in [0, 0.05) is 49.8 Å². The maximum atomic E-state index is 5.15. The van der Waals surface area contributed by atoms with Crippen LogP contribution in [-0.2, 0) is 7.05 Å². The van der Waals surface area contributed by atoms with Gasteiger partial charge in [0.25, 0.3) is 0 Å². The van der Waals surface area contributed by atoms with Crippen molar-refractivity contribution in [2.45, 2.75) is 0 Å². The zero-order valence-electron chi connectivity index (χ0n) is 30.1. The van der Waals surface area contributed by atoms with Crippen LogP contribution in [0.2, 0.25) is 0 Å². The summed E-state index contributed by atoms with van der Waals surface area (Å²) in [5.41, 5.74) is 5.55. The van der Waals surface area contributed by atoms with E-state index < -0.39 is 8.07 Å². The molecule has 11 aromatic rings. The first kappa shape index (κ1) is 31.9. The van der Waals surface area contributed by atoms with Gasteiger partial charge in [0.05, 0.1) is 22.1 Å². The van der Waals surface area contributed by atoms with Crippen LogP contribution in [0.3, 0.4) is 0 Å². The number of para-hydroxylation sites is 2. The highest BCUT2D eigenvalue weighted by molar-refractivity contribution is 7.26. The number of aromatic nitrogens is 4. The maximum absolute atomic E-state index is 5.15. The molecule has 7 aromatic carbocycles. The lowest BCUT2D eigenvalue weighted by molar-refractivity contribution is 0.959. The summed E-state index contributed by atoms with van der Waals surface area (Å²) in [5, 5.41) is 10.4. The molecule has 4 heterocycles. The SMILES string of the molecule is Cn1c(-c2cccc([Si](c3ccccc3)(c3ccccc3)c3ccc4c5c6c(ccc5n(-c5ccccn5)c4c3)sc3ccccc36)c2)nc2ccccc21. The first-order chi connectivity index (χ1) is 27.2. The molecule has 0 amide bonds. The lowest BCUT2D eigenvalue weighted by atomic mass is 10.1. The van der Waals surface area contributed by atoms with E-state index in [1.54, 1.807) is 0 Å². The van der Waals surface area contributed by atoms with Gasteiger partial charge in [-0.2, -0.15) is 0 Å². The molecule has 0 saturated heterocycles. The van der Waals surface area contributed by atoms with Gasteiger partial charge in [-0.05, 0) is 69.3 Å². The Morgan fingerprint density at radius 3 is 1.98 bits per heavy atom. The average molecular weight is 739 g/mol. The van der Waals surface area contributed by atoms with Crippen LogP contribution in [0.5, 0.6) is 0 Å². The van der Waals surface area contributed by atoms with Gasteiger partial charge in [-0.3, -0.25) is 4.57 Å². The predicted octanol–water partition coefficient (Wildman–Crippen LogP) is 9.48. The van der Waals surface area contributed by atoms with Crippen molar-refractivity contribution in [2.24, 2.45) is 7.05 Å². The summed E-state index contributed by atoms with van der Waals surface area (Å²) in [7, 11) is -0.844. The first-order valence-corrected chi connectivity index (χ1v) is 21.5. The Labute approximate surface area is 323 Å². The summed E-state index contributed by atoms with van der Waals surface area (Å²) in [6.07, 6.45) is 1.90. The third kappa shape index (κ3) is 4.75. The van der Waals surface area contributed by atoms with Crippen molar-refractivity contribution in [3.63, 3.8) is 0 Å². The fraction of sp³-hybridized carbons (Fsp3) is 0.0204. The minimum Gasteiger partial charge on any atom is -0.327 e. The highest BCUT2D eigenvalue weighted by Crippen LogP contribution is 2.43. The molecule has 0 aliphatic heterocycles. The Morgan fingerprint density at radius 1 is 0.491 bits per heavy atom. The number of imidazole rings is 1. The van der Waals surface area contributed by atoms with Crippen LogP contribution in [0.4, 0.5) is 0 Å². The summed E-state index contributed by atoms with van der Waals surface area (Å²) in [6, 6.07) is 66.8. The van der Waals surface area contributed by atoms with Gasteiger partial charge in [0.2, 0.25) is 0 Å². The topological polar surface area (TPSA) is 35.6 Å². The van der Waals surface area contributed by atoms with E-state index in [1.807, 2.05) is 23.6 Å². The Bertz CT molecular complexity index is 3180. The second-order valence-corrected chi connectivity index (χ2v) is 19.1. The van der Waals surface area contributed by atoms with Gasteiger partial charge < -0.3 is 4.57 Å². The van der Waals surface area contributed by atoms with Crippen molar-refractivity contribution in [3.8, 4) is 17.2 Å². The summed E-state index contributed by atoms with van der Waals surface area (Å²) in [6.45, 7) is 0. The van der Waals surface area contributed by atoms with Crippen LogP contribution >= 0.6 is 11.3 Å². The molecule has 0 unspecified atom stereocenters. The maximum Gasteiger partial charge on any atom is 0.179 e. The van der Waals surface area contributed by atoms with Crippen molar-refractivity contribution in [2.75, 3.05) is 0 Å². The number of rotatable bonds is 6. The second-order valence-electron chi connectivity index (χ2n) is 14.2.